The number of carbonyl (C=O) groups excluding carboxylic acids is 1. The van der Waals surface area contributed by atoms with E-state index in [1.54, 1.807) is 24.3 Å². The van der Waals surface area contributed by atoms with E-state index in [0.717, 1.165) is 0 Å². The van der Waals surface area contributed by atoms with Crippen LogP contribution in [0.4, 0.5) is 0 Å². The molecule has 23 heavy (non-hydrogen) atoms. The van der Waals surface area contributed by atoms with Gasteiger partial charge >= 0.3 is 0 Å². The molecule has 120 valence electrons. The molecule has 2 heterocycles. The third-order valence-corrected chi connectivity index (χ3v) is 3.15. The fourth-order valence-electron chi connectivity index (χ4n) is 2.02. The van der Waals surface area contributed by atoms with Crippen molar-refractivity contribution in [3.05, 3.63) is 46.9 Å². The van der Waals surface area contributed by atoms with Gasteiger partial charge in [0.2, 0.25) is 6.79 Å². The Morgan fingerprint density at radius 2 is 2.17 bits per heavy atom. The molecule has 0 fully saturated rings. The lowest BCUT2D eigenvalue weighted by Gasteiger charge is -2.08. The summed E-state index contributed by atoms with van der Waals surface area (Å²) in [6, 6.07) is 8.08. The predicted molar refractivity (Wildman–Crippen MR) is 79.6 cm³/mol. The summed E-state index contributed by atoms with van der Waals surface area (Å²) in [5.74, 6) is 1.48. The van der Waals surface area contributed by atoms with E-state index < -0.39 is 0 Å². The second-order valence-corrected chi connectivity index (χ2v) is 4.74. The topological polar surface area (TPSA) is 91.7 Å². The molecule has 0 saturated carbocycles. The van der Waals surface area contributed by atoms with E-state index in [2.05, 4.69) is 10.4 Å². The maximum absolute atomic E-state index is 11.7. The zero-order valence-electron chi connectivity index (χ0n) is 12.2. The van der Waals surface area contributed by atoms with Crippen LogP contribution in [0.5, 0.6) is 17.2 Å². The number of hydrogen-bond donors (Lipinski definition) is 1. The summed E-state index contributed by atoms with van der Waals surface area (Å²) in [5.41, 5.74) is -0.210. The van der Waals surface area contributed by atoms with Crippen molar-refractivity contribution in [1.29, 1.82) is 0 Å². The first-order chi connectivity index (χ1) is 11.2. The van der Waals surface area contributed by atoms with Gasteiger partial charge < -0.3 is 19.5 Å². The third-order valence-electron chi connectivity index (χ3n) is 3.15. The van der Waals surface area contributed by atoms with Crippen molar-refractivity contribution in [3.63, 3.8) is 0 Å². The molecule has 0 spiro atoms. The molecule has 1 aliphatic heterocycles. The summed E-state index contributed by atoms with van der Waals surface area (Å²) in [7, 11) is 0. The number of aromatic nitrogens is 2. The Morgan fingerprint density at radius 3 is 3.04 bits per heavy atom. The largest absolute Gasteiger partial charge is 0.484 e. The highest BCUT2D eigenvalue weighted by atomic mass is 16.7. The molecule has 0 bridgehead atoms. The smallest absolute Gasteiger partial charge is 0.266 e. The second-order valence-electron chi connectivity index (χ2n) is 4.74. The Balaban J connectivity index is 1.43. The Labute approximate surface area is 131 Å². The highest BCUT2D eigenvalue weighted by Crippen LogP contribution is 2.34. The van der Waals surface area contributed by atoms with Crippen molar-refractivity contribution < 1.29 is 19.0 Å². The van der Waals surface area contributed by atoms with E-state index in [1.807, 2.05) is 0 Å². The van der Waals surface area contributed by atoms with Crippen LogP contribution < -0.4 is 25.1 Å². The van der Waals surface area contributed by atoms with Crippen LogP contribution >= 0.6 is 0 Å². The van der Waals surface area contributed by atoms with Crippen LogP contribution in [0.1, 0.15) is 0 Å². The number of nitrogens with zero attached hydrogens (tertiary/aromatic N) is 2. The highest BCUT2D eigenvalue weighted by Gasteiger charge is 2.14. The number of rotatable bonds is 6. The van der Waals surface area contributed by atoms with Crippen molar-refractivity contribution in [1.82, 2.24) is 15.1 Å². The summed E-state index contributed by atoms with van der Waals surface area (Å²) in [6.07, 6.45) is 1.52. The van der Waals surface area contributed by atoms with Crippen molar-refractivity contribution in [2.45, 2.75) is 6.54 Å². The van der Waals surface area contributed by atoms with Crippen LogP contribution in [-0.4, -0.2) is 35.6 Å². The van der Waals surface area contributed by atoms with E-state index in [-0.39, 0.29) is 24.9 Å². The molecular weight excluding hydrogens is 302 g/mol. The molecule has 1 N–H and O–H groups in total. The Kier molecular flexibility index (Phi) is 4.41. The normalized spacial score (nSPS) is 12.0. The first-order valence-electron chi connectivity index (χ1n) is 7.04. The number of benzene rings is 1. The predicted octanol–water partition coefficient (Wildman–Crippen LogP) is 0.167. The number of carbonyl (C=O) groups is 1. The summed E-state index contributed by atoms with van der Waals surface area (Å²) in [4.78, 5) is 23.2. The number of fused-ring (bicyclic) bond motifs is 1. The number of hydrogen-bond acceptors (Lipinski definition) is 6. The quantitative estimate of drug-likeness (QED) is 0.816. The summed E-state index contributed by atoms with van der Waals surface area (Å²) >= 11 is 0. The molecule has 1 aliphatic rings. The van der Waals surface area contributed by atoms with Gasteiger partial charge in [-0.15, -0.1) is 0 Å². The van der Waals surface area contributed by atoms with Crippen LogP contribution in [0.15, 0.2) is 41.3 Å². The summed E-state index contributed by atoms with van der Waals surface area (Å²) in [5, 5.41) is 6.56. The van der Waals surface area contributed by atoms with Crippen molar-refractivity contribution >= 4 is 5.91 Å². The molecule has 1 aromatic heterocycles. The molecule has 0 unspecified atom stereocenters. The Morgan fingerprint density at radius 1 is 1.30 bits per heavy atom. The molecule has 8 nitrogen and oxygen atoms in total. The SMILES string of the molecule is O=C(COc1ccc2c(c1)OCO2)NCCn1ncccc1=O. The fourth-order valence-corrected chi connectivity index (χ4v) is 2.02. The number of ether oxygens (including phenoxy) is 3. The zero-order chi connectivity index (χ0) is 16.1. The summed E-state index contributed by atoms with van der Waals surface area (Å²) < 4.78 is 17.1. The Hall–Kier alpha value is -3.03. The van der Waals surface area contributed by atoms with Gasteiger partial charge in [0, 0.05) is 24.9 Å². The minimum atomic E-state index is -0.286. The van der Waals surface area contributed by atoms with Gasteiger partial charge in [-0.25, -0.2) is 4.68 Å². The van der Waals surface area contributed by atoms with Gasteiger partial charge in [-0.2, -0.15) is 5.10 Å². The van der Waals surface area contributed by atoms with Crippen LogP contribution in [0.3, 0.4) is 0 Å². The molecule has 0 saturated heterocycles. The van der Waals surface area contributed by atoms with Crippen molar-refractivity contribution in [2.24, 2.45) is 0 Å². The minimum absolute atomic E-state index is 0.128. The molecule has 1 amide bonds. The van der Waals surface area contributed by atoms with Crippen molar-refractivity contribution in [3.8, 4) is 17.2 Å². The van der Waals surface area contributed by atoms with Crippen LogP contribution in [0, 0.1) is 0 Å². The molecule has 1 aromatic carbocycles. The maximum atomic E-state index is 11.7. The van der Waals surface area contributed by atoms with E-state index in [0.29, 0.717) is 30.3 Å². The molecule has 0 atom stereocenters. The summed E-state index contributed by atoms with van der Waals surface area (Å²) in [6.45, 7) is 0.651. The average molecular weight is 317 g/mol. The van der Waals surface area contributed by atoms with Gasteiger partial charge in [0.25, 0.3) is 11.5 Å². The lowest BCUT2D eigenvalue weighted by molar-refractivity contribution is -0.123. The van der Waals surface area contributed by atoms with Gasteiger partial charge in [0.15, 0.2) is 18.1 Å². The van der Waals surface area contributed by atoms with E-state index in [1.165, 1.54) is 16.9 Å². The van der Waals surface area contributed by atoms with Gasteiger partial charge in [0.05, 0.1) is 6.54 Å². The molecular formula is C15H15N3O5. The standard InChI is InChI=1S/C15H15N3O5/c19-14(16-6-7-18-15(20)2-1-5-17-18)9-21-11-3-4-12-13(8-11)23-10-22-12/h1-5,8H,6-7,9-10H2,(H,16,19). The van der Waals surface area contributed by atoms with E-state index >= 15 is 0 Å². The fraction of sp³-hybridized carbons (Fsp3) is 0.267. The van der Waals surface area contributed by atoms with Gasteiger partial charge in [-0.1, -0.05) is 0 Å². The lowest BCUT2D eigenvalue weighted by atomic mass is 10.3. The lowest BCUT2D eigenvalue weighted by Crippen LogP contribution is -2.34. The monoisotopic (exact) mass is 317 g/mol. The minimum Gasteiger partial charge on any atom is -0.484 e. The average Bonchev–Trinajstić information content (AvgIpc) is 3.02. The van der Waals surface area contributed by atoms with E-state index in [9.17, 15) is 9.59 Å². The van der Waals surface area contributed by atoms with Crippen LogP contribution in [-0.2, 0) is 11.3 Å². The first kappa shape index (κ1) is 14.9. The molecule has 0 aliphatic carbocycles. The molecule has 3 rings (SSSR count). The molecule has 8 heteroatoms. The first-order valence-corrected chi connectivity index (χ1v) is 7.04. The third kappa shape index (κ3) is 3.79. The van der Waals surface area contributed by atoms with Gasteiger partial charge in [-0.05, 0) is 18.2 Å². The van der Waals surface area contributed by atoms with Crippen LogP contribution in [0.25, 0.3) is 0 Å². The maximum Gasteiger partial charge on any atom is 0.266 e. The van der Waals surface area contributed by atoms with Gasteiger partial charge in [0.1, 0.15) is 5.75 Å². The number of amides is 1. The zero-order valence-corrected chi connectivity index (χ0v) is 12.2. The van der Waals surface area contributed by atoms with Gasteiger partial charge in [-0.3, -0.25) is 9.59 Å². The number of nitrogens with one attached hydrogen (secondary N) is 1. The molecule has 0 radical (unpaired) electrons. The second kappa shape index (κ2) is 6.82. The van der Waals surface area contributed by atoms with Crippen molar-refractivity contribution in [2.75, 3.05) is 19.9 Å². The van der Waals surface area contributed by atoms with Crippen LogP contribution in [0.2, 0.25) is 0 Å². The molecule has 2 aromatic rings. The Bertz CT molecular complexity index is 759. The highest BCUT2D eigenvalue weighted by molar-refractivity contribution is 5.77. The van der Waals surface area contributed by atoms with E-state index in [4.69, 9.17) is 14.2 Å².